The maximum atomic E-state index is 12.6. The van der Waals surface area contributed by atoms with E-state index in [9.17, 15) is 35.7 Å². The van der Waals surface area contributed by atoms with Crippen LogP contribution in [0.5, 0.6) is 0 Å². The minimum atomic E-state index is -1.52. The predicted molar refractivity (Wildman–Crippen MR) is 191 cm³/mol. The zero-order chi connectivity index (χ0) is 39.6. The number of aliphatic hydroxyl groups is 7. The van der Waals surface area contributed by atoms with Gasteiger partial charge in [0.05, 0.1) is 30.5 Å². The number of rotatable bonds is 6. The molecule has 5 aliphatic carbocycles. The van der Waals surface area contributed by atoms with E-state index in [1.165, 1.54) is 7.11 Å². The number of hydrogen-bond donors (Lipinski definition) is 7. The predicted octanol–water partition coefficient (Wildman–Crippen LogP) is 1.56. The fourth-order valence-corrected chi connectivity index (χ4v) is 15.4. The molecular formula is C41H66O14. The molecule has 14 nitrogen and oxygen atoms in total. The summed E-state index contributed by atoms with van der Waals surface area (Å²) < 4.78 is 44.0. The average molecular weight is 783 g/mol. The first-order chi connectivity index (χ1) is 25.6. The van der Waals surface area contributed by atoms with Crippen molar-refractivity contribution in [2.45, 2.75) is 191 Å². The Morgan fingerprint density at radius 2 is 1.38 bits per heavy atom. The van der Waals surface area contributed by atoms with E-state index in [4.69, 9.17) is 33.2 Å². The molecule has 5 saturated carbocycles. The lowest BCUT2D eigenvalue weighted by atomic mass is 9.41. The molecule has 9 fully saturated rings. The SMILES string of the molecule is COC1OC(OC(C)(C)[C@H]2O[C@]34C[C@@]5(C)[C@@H]6[C@@H](O)C[C@H]7C(C)(C)[C@@H](OC8OCC(O)C(O)C8O)CC[C@@]78C[C@@]68CC[C@]5(C)[C@H]3[C@H](C)C[C@H]2O4)C(O)C(O)C1O. The molecule has 314 valence electrons. The second-order valence-corrected chi connectivity index (χ2v) is 21.1. The van der Waals surface area contributed by atoms with Gasteiger partial charge in [-0.1, -0.05) is 34.6 Å². The zero-order valence-electron chi connectivity index (χ0n) is 33.7. The Morgan fingerprint density at radius 3 is 2.09 bits per heavy atom. The number of methoxy groups -OCH3 is 1. The minimum Gasteiger partial charge on any atom is -0.393 e. The highest BCUT2D eigenvalue weighted by Crippen LogP contribution is 2.90. The molecule has 2 bridgehead atoms. The lowest BCUT2D eigenvalue weighted by Gasteiger charge is -2.64. The second-order valence-electron chi connectivity index (χ2n) is 21.1. The van der Waals surface area contributed by atoms with Crippen LogP contribution >= 0.6 is 0 Å². The van der Waals surface area contributed by atoms with E-state index >= 15 is 0 Å². The third-order valence-corrected chi connectivity index (χ3v) is 17.9. The maximum absolute atomic E-state index is 12.6. The molecule has 4 aliphatic heterocycles. The molecule has 0 amide bonds. The van der Waals surface area contributed by atoms with Crippen LogP contribution in [0, 0.1) is 50.7 Å². The van der Waals surface area contributed by atoms with Crippen LogP contribution < -0.4 is 0 Å². The number of ether oxygens (including phenoxy) is 7. The summed E-state index contributed by atoms with van der Waals surface area (Å²) >= 11 is 0. The molecule has 55 heavy (non-hydrogen) atoms. The normalized spacial score (nSPS) is 60.6. The van der Waals surface area contributed by atoms with Gasteiger partial charge in [0.25, 0.3) is 0 Å². The Labute approximate surface area is 324 Å². The maximum Gasteiger partial charge on any atom is 0.190 e. The van der Waals surface area contributed by atoms with Gasteiger partial charge >= 0.3 is 0 Å². The molecule has 0 aromatic rings. The summed E-state index contributed by atoms with van der Waals surface area (Å²) in [7, 11) is 1.36. The standard InChI is InChI=1S/C41H66O14/c1-18-13-21-31(36(4,5)55-34-28(48)25(45)27(47)32(49-8)52-34)54-41(53-21)16-38(7)30-19(42)14-22-35(2,3)23(51-33-26(46)24(44)20(43)15-50-33)9-10-39(22)17-40(30,39)12-11-37(38,6)29(18)41/h18-34,42-48H,9-17H2,1-8H3/t18-,19+,20?,21-,22+,23+,24?,25?,26?,27?,28?,29-,30+,31+,32?,33?,34?,37-,38+,39-,40+,41-/m1/s1. The number of hydrogen-bond acceptors (Lipinski definition) is 14. The number of aliphatic hydroxyl groups excluding tert-OH is 7. The van der Waals surface area contributed by atoms with Crippen molar-refractivity contribution < 1.29 is 68.9 Å². The molecule has 9 aliphatic rings. The van der Waals surface area contributed by atoms with Crippen LogP contribution in [0.25, 0.3) is 0 Å². The Balaban J connectivity index is 0.974. The van der Waals surface area contributed by atoms with E-state index in [-0.39, 0.29) is 69.6 Å². The topological polar surface area (TPSA) is 206 Å². The fourth-order valence-electron chi connectivity index (χ4n) is 15.4. The van der Waals surface area contributed by atoms with Gasteiger partial charge in [0.2, 0.25) is 0 Å². The van der Waals surface area contributed by atoms with E-state index < -0.39 is 79.1 Å². The molecule has 0 radical (unpaired) electrons. The molecule has 0 aromatic carbocycles. The molecular weight excluding hydrogens is 716 g/mol. The van der Waals surface area contributed by atoms with Crippen LogP contribution in [0.2, 0.25) is 0 Å². The summed E-state index contributed by atoms with van der Waals surface area (Å²) in [6, 6.07) is 0. The van der Waals surface area contributed by atoms with E-state index in [1.807, 2.05) is 13.8 Å². The minimum absolute atomic E-state index is 0.0299. The van der Waals surface area contributed by atoms with Gasteiger partial charge < -0.3 is 68.9 Å². The summed E-state index contributed by atoms with van der Waals surface area (Å²) in [5.41, 5.74) is -1.80. The third-order valence-electron chi connectivity index (χ3n) is 17.9. The molecule has 4 saturated heterocycles. The Bertz CT molecular complexity index is 1510. The van der Waals surface area contributed by atoms with Crippen molar-refractivity contribution in [3.8, 4) is 0 Å². The summed E-state index contributed by atoms with van der Waals surface area (Å²) in [6.45, 7) is 15.3. The van der Waals surface area contributed by atoms with Crippen LogP contribution in [-0.2, 0) is 33.2 Å². The average Bonchev–Trinajstić information content (AvgIpc) is 3.58. The third kappa shape index (κ3) is 5.10. The van der Waals surface area contributed by atoms with Gasteiger partial charge in [-0.2, -0.15) is 0 Å². The lowest BCUT2D eigenvalue weighted by molar-refractivity contribution is -0.368. The van der Waals surface area contributed by atoms with Crippen molar-refractivity contribution in [3.05, 3.63) is 0 Å². The number of fused-ring (bicyclic) bond motifs is 4. The summed E-state index contributed by atoms with van der Waals surface area (Å²) in [4.78, 5) is 0. The monoisotopic (exact) mass is 782 g/mol. The molecule has 4 heterocycles. The zero-order valence-corrected chi connectivity index (χ0v) is 33.7. The van der Waals surface area contributed by atoms with Crippen molar-refractivity contribution in [2.24, 2.45) is 50.7 Å². The molecule has 9 unspecified atom stereocenters. The highest BCUT2D eigenvalue weighted by Gasteiger charge is 2.87. The van der Waals surface area contributed by atoms with E-state index in [1.54, 1.807) is 0 Å². The van der Waals surface area contributed by atoms with Crippen LogP contribution in [-0.4, -0.2) is 141 Å². The first-order valence-electron chi connectivity index (χ1n) is 20.9. The fraction of sp³-hybridized carbons (Fsp3) is 1.00. The van der Waals surface area contributed by atoms with Gasteiger partial charge in [-0.15, -0.1) is 0 Å². The van der Waals surface area contributed by atoms with E-state index in [2.05, 4.69) is 34.6 Å². The molecule has 3 spiro atoms. The second kappa shape index (κ2) is 12.5. The highest BCUT2D eigenvalue weighted by atomic mass is 16.8. The van der Waals surface area contributed by atoms with Gasteiger partial charge in [0.1, 0.15) is 42.7 Å². The summed E-state index contributed by atoms with van der Waals surface area (Å²) in [6.07, 6.45) is -6.45. The van der Waals surface area contributed by atoms with E-state index in [0.29, 0.717) is 12.8 Å². The van der Waals surface area contributed by atoms with Crippen LogP contribution in [0.4, 0.5) is 0 Å². The van der Waals surface area contributed by atoms with Gasteiger partial charge in [-0.25, -0.2) is 0 Å². The first-order valence-corrected chi connectivity index (χ1v) is 20.9. The van der Waals surface area contributed by atoms with Crippen LogP contribution in [0.1, 0.15) is 99.8 Å². The van der Waals surface area contributed by atoms with E-state index in [0.717, 1.165) is 38.5 Å². The van der Waals surface area contributed by atoms with Crippen LogP contribution in [0.3, 0.4) is 0 Å². The van der Waals surface area contributed by atoms with Crippen LogP contribution in [0.15, 0.2) is 0 Å². The van der Waals surface area contributed by atoms with Crippen molar-refractivity contribution in [3.63, 3.8) is 0 Å². The molecule has 0 aromatic heterocycles. The molecule has 7 N–H and O–H groups in total. The van der Waals surface area contributed by atoms with Crippen molar-refractivity contribution in [2.75, 3.05) is 13.7 Å². The largest absolute Gasteiger partial charge is 0.393 e. The Hall–Kier alpha value is -0.560. The van der Waals surface area contributed by atoms with Gasteiger partial charge in [-0.05, 0) is 104 Å². The summed E-state index contributed by atoms with van der Waals surface area (Å²) in [5.74, 6) is -0.287. The van der Waals surface area contributed by atoms with Crippen molar-refractivity contribution >= 4 is 0 Å². The first kappa shape index (κ1) is 39.9. The lowest BCUT2D eigenvalue weighted by Crippen LogP contribution is -2.63. The van der Waals surface area contributed by atoms with Gasteiger partial charge in [0, 0.05) is 19.4 Å². The highest BCUT2D eigenvalue weighted by molar-refractivity contribution is 5.34. The van der Waals surface area contributed by atoms with Crippen molar-refractivity contribution in [1.82, 2.24) is 0 Å². The van der Waals surface area contributed by atoms with Crippen molar-refractivity contribution in [1.29, 1.82) is 0 Å². The smallest absolute Gasteiger partial charge is 0.190 e. The molecule has 9 rings (SSSR count). The summed E-state index contributed by atoms with van der Waals surface area (Å²) in [5, 5.41) is 75.4. The Kier molecular flexibility index (Phi) is 9.06. The Morgan fingerprint density at radius 1 is 0.691 bits per heavy atom. The quantitative estimate of drug-likeness (QED) is 0.191. The van der Waals surface area contributed by atoms with Gasteiger partial charge in [0.15, 0.2) is 24.7 Å². The molecule has 14 heteroatoms. The molecule has 22 atom stereocenters. The van der Waals surface area contributed by atoms with Gasteiger partial charge in [-0.3, -0.25) is 0 Å².